The van der Waals surface area contributed by atoms with E-state index in [4.69, 9.17) is 0 Å². The molecule has 2 N–H and O–H groups in total. The lowest BCUT2D eigenvalue weighted by Crippen LogP contribution is -2.45. The van der Waals surface area contributed by atoms with Crippen molar-refractivity contribution in [1.82, 2.24) is 14.6 Å². The molecule has 3 rings (SSSR count). The van der Waals surface area contributed by atoms with Crippen LogP contribution in [-0.2, 0) is 0 Å². The van der Waals surface area contributed by atoms with Crippen molar-refractivity contribution in [2.45, 2.75) is 13.8 Å². The van der Waals surface area contributed by atoms with Gasteiger partial charge in [0.05, 0.1) is 11.4 Å². The van der Waals surface area contributed by atoms with Crippen molar-refractivity contribution >= 4 is 23.1 Å². The maximum absolute atomic E-state index is 10.5. The van der Waals surface area contributed by atoms with Crippen LogP contribution in [0, 0.1) is 6.92 Å². The molecule has 1 aliphatic rings. The van der Waals surface area contributed by atoms with Gasteiger partial charge in [0.1, 0.15) is 11.6 Å². The van der Waals surface area contributed by atoms with Crippen LogP contribution in [0.15, 0.2) is 46.4 Å². The zero-order chi connectivity index (χ0) is 18.5. The smallest absolute Gasteiger partial charge is 0.125 e. The Hall–Kier alpha value is -2.51. The number of piperazine rings is 1. The second kappa shape index (κ2) is 8.25. The summed E-state index contributed by atoms with van der Waals surface area (Å²) in [5.74, 6) is 1.00. The van der Waals surface area contributed by atoms with E-state index >= 15 is 0 Å². The van der Waals surface area contributed by atoms with Crippen molar-refractivity contribution in [2.24, 2.45) is 10.2 Å². The van der Waals surface area contributed by atoms with Crippen LogP contribution in [0.1, 0.15) is 18.1 Å². The van der Waals surface area contributed by atoms with Crippen molar-refractivity contribution in [3.63, 3.8) is 0 Å². The molecule has 1 fully saturated rings. The largest absolute Gasteiger partial charge is 0.507 e. The van der Waals surface area contributed by atoms with Crippen LogP contribution in [0.4, 0.5) is 0 Å². The number of aromatic nitrogens is 1. The van der Waals surface area contributed by atoms with Gasteiger partial charge in [-0.1, -0.05) is 12.6 Å². The number of amidine groups is 1. The number of rotatable bonds is 4. The number of aryl methyl sites for hydroxylation is 1. The minimum absolute atomic E-state index is 0.142. The molecule has 2 aromatic rings. The molecule has 0 unspecified atom stereocenters. The molecule has 1 saturated heterocycles. The molecule has 1 aromatic carbocycles. The first-order valence-electron chi connectivity index (χ1n) is 8.55. The van der Waals surface area contributed by atoms with Crippen molar-refractivity contribution < 1.29 is 5.11 Å². The SMILES string of the molecule is C=C/C(=N\N=C(/C)N1CCNCC1)c1ccc(-c2nscc2C)cc1O. The van der Waals surface area contributed by atoms with Crippen LogP contribution >= 0.6 is 11.5 Å². The molecule has 0 aliphatic carbocycles. The highest BCUT2D eigenvalue weighted by Gasteiger charge is 2.13. The van der Waals surface area contributed by atoms with Gasteiger partial charge < -0.3 is 15.3 Å². The van der Waals surface area contributed by atoms with E-state index in [9.17, 15) is 5.11 Å². The van der Waals surface area contributed by atoms with Gasteiger partial charge >= 0.3 is 0 Å². The number of benzene rings is 1. The summed E-state index contributed by atoms with van der Waals surface area (Å²) in [6, 6.07) is 5.48. The Morgan fingerprint density at radius 1 is 1.35 bits per heavy atom. The standard InChI is InChI=1S/C19H23N5OS/c1-4-17(22-21-14(3)24-9-7-20-8-10-24)16-6-5-15(11-18(16)25)19-13(2)12-26-23-19/h4-6,11-12,20,25H,1,7-10H2,2-3H3/b21-14+,22-17+. The molecule has 0 amide bonds. The predicted octanol–water partition coefficient (Wildman–Crippen LogP) is 3.04. The molecule has 0 saturated carbocycles. The number of allylic oxidation sites excluding steroid dienone is 1. The Kier molecular flexibility index (Phi) is 5.80. The van der Waals surface area contributed by atoms with Gasteiger partial charge in [0.25, 0.3) is 0 Å². The lowest BCUT2D eigenvalue weighted by molar-refractivity contribution is 0.355. The molecule has 0 spiro atoms. The zero-order valence-electron chi connectivity index (χ0n) is 15.1. The molecule has 0 radical (unpaired) electrons. The van der Waals surface area contributed by atoms with E-state index < -0.39 is 0 Å². The number of phenolic OH excluding ortho intramolecular Hbond substituents is 1. The quantitative estimate of drug-likeness (QED) is 0.494. The summed E-state index contributed by atoms with van der Waals surface area (Å²) in [7, 11) is 0. The Balaban J connectivity index is 1.85. The molecular formula is C19H23N5OS. The highest BCUT2D eigenvalue weighted by Crippen LogP contribution is 2.29. The average molecular weight is 369 g/mol. The van der Waals surface area contributed by atoms with Crippen LogP contribution in [0.2, 0.25) is 0 Å². The maximum atomic E-state index is 10.5. The summed E-state index contributed by atoms with van der Waals surface area (Å²) in [5.41, 5.74) is 4.01. The molecule has 7 heteroatoms. The molecule has 1 aliphatic heterocycles. The number of hydrogen-bond acceptors (Lipinski definition) is 6. The van der Waals surface area contributed by atoms with E-state index in [-0.39, 0.29) is 5.75 Å². The molecule has 136 valence electrons. The number of phenols is 1. The highest BCUT2D eigenvalue weighted by molar-refractivity contribution is 7.04. The fourth-order valence-electron chi connectivity index (χ4n) is 2.84. The normalized spacial score (nSPS) is 16.0. The van der Waals surface area contributed by atoms with E-state index in [1.165, 1.54) is 11.5 Å². The first kappa shape index (κ1) is 18.3. The van der Waals surface area contributed by atoms with Crippen molar-refractivity contribution in [2.75, 3.05) is 26.2 Å². The van der Waals surface area contributed by atoms with E-state index in [2.05, 4.69) is 31.4 Å². The maximum Gasteiger partial charge on any atom is 0.125 e. The summed E-state index contributed by atoms with van der Waals surface area (Å²) >= 11 is 1.41. The summed E-state index contributed by atoms with van der Waals surface area (Å²) in [6.07, 6.45) is 1.61. The lowest BCUT2D eigenvalue weighted by Gasteiger charge is -2.28. The third kappa shape index (κ3) is 4.00. The fourth-order valence-corrected chi connectivity index (χ4v) is 3.52. The predicted molar refractivity (Wildman–Crippen MR) is 108 cm³/mol. The van der Waals surface area contributed by atoms with Gasteiger partial charge in [-0.3, -0.25) is 0 Å². The van der Waals surface area contributed by atoms with Crippen LogP contribution < -0.4 is 5.32 Å². The zero-order valence-corrected chi connectivity index (χ0v) is 15.9. The monoisotopic (exact) mass is 369 g/mol. The number of aromatic hydroxyl groups is 1. The molecule has 26 heavy (non-hydrogen) atoms. The van der Waals surface area contributed by atoms with Gasteiger partial charge in [-0.2, -0.15) is 4.37 Å². The Labute approximate surface area is 157 Å². The third-order valence-corrected chi connectivity index (χ3v) is 5.11. The van der Waals surface area contributed by atoms with E-state index in [1.54, 1.807) is 12.1 Å². The van der Waals surface area contributed by atoms with Crippen molar-refractivity contribution in [1.29, 1.82) is 0 Å². The van der Waals surface area contributed by atoms with Gasteiger partial charge in [0, 0.05) is 42.7 Å². The van der Waals surface area contributed by atoms with Crippen LogP contribution in [0.5, 0.6) is 5.75 Å². The summed E-state index contributed by atoms with van der Waals surface area (Å²) in [6.45, 7) is 11.5. The van der Waals surface area contributed by atoms with E-state index in [0.717, 1.165) is 48.8 Å². The molecule has 0 bridgehead atoms. The van der Waals surface area contributed by atoms with Crippen LogP contribution in [0.25, 0.3) is 11.3 Å². The molecule has 1 aromatic heterocycles. The topological polar surface area (TPSA) is 73.1 Å². The summed E-state index contributed by atoms with van der Waals surface area (Å²) < 4.78 is 4.38. The third-order valence-electron chi connectivity index (χ3n) is 4.36. The van der Waals surface area contributed by atoms with Gasteiger partial charge in [0.15, 0.2) is 0 Å². The number of hydrogen-bond donors (Lipinski definition) is 2. The Morgan fingerprint density at radius 3 is 2.73 bits per heavy atom. The molecule has 6 nitrogen and oxygen atoms in total. The minimum Gasteiger partial charge on any atom is -0.507 e. The van der Waals surface area contributed by atoms with Crippen LogP contribution in [0.3, 0.4) is 0 Å². The first-order chi connectivity index (χ1) is 12.6. The van der Waals surface area contributed by atoms with E-state index in [1.807, 2.05) is 31.4 Å². The first-order valence-corrected chi connectivity index (χ1v) is 9.39. The van der Waals surface area contributed by atoms with Crippen molar-refractivity contribution in [3.8, 4) is 17.0 Å². The van der Waals surface area contributed by atoms with Gasteiger partial charge in [-0.25, -0.2) is 0 Å². The molecule has 0 atom stereocenters. The van der Waals surface area contributed by atoms with Crippen molar-refractivity contribution in [3.05, 3.63) is 47.4 Å². The second-order valence-corrected chi connectivity index (χ2v) is 6.78. The Morgan fingerprint density at radius 2 is 2.12 bits per heavy atom. The van der Waals surface area contributed by atoms with Gasteiger partial charge in [-0.15, -0.1) is 10.2 Å². The second-order valence-electron chi connectivity index (χ2n) is 6.15. The minimum atomic E-state index is 0.142. The van der Waals surface area contributed by atoms with Gasteiger partial charge in [-0.05, 0) is 49.2 Å². The van der Waals surface area contributed by atoms with Gasteiger partial charge in [0.2, 0.25) is 0 Å². The lowest BCUT2D eigenvalue weighted by atomic mass is 10.0. The summed E-state index contributed by atoms with van der Waals surface area (Å²) in [4.78, 5) is 2.19. The summed E-state index contributed by atoms with van der Waals surface area (Å²) in [5, 5.41) is 24.4. The number of nitrogens with one attached hydrogen (secondary N) is 1. The highest BCUT2D eigenvalue weighted by atomic mass is 32.1. The fraction of sp³-hybridized carbons (Fsp3) is 0.316. The molecule has 2 heterocycles. The van der Waals surface area contributed by atoms with Crippen LogP contribution in [-0.4, -0.2) is 52.1 Å². The molecular weight excluding hydrogens is 346 g/mol. The number of nitrogens with zero attached hydrogens (tertiary/aromatic N) is 4. The Bertz CT molecular complexity index is 849. The average Bonchev–Trinajstić information content (AvgIpc) is 3.09. The van der Waals surface area contributed by atoms with E-state index in [0.29, 0.717) is 11.3 Å².